The van der Waals surface area contributed by atoms with E-state index >= 15 is 0 Å². The van der Waals surface area contributed by atoms with Crippen molar-refractivity contribution in [2.24, 2.45) is 5.92 Å². The normalized spacial score (nSPS) is 18.6. The Bertz CT molecular complexity index is 389. The predicted octanol–water partition coefficient (Wildman–Crippen LogP) is 3.40. The van der Waals surface area contributed by atoms with Gasteiger partial charge in [-0.05, 0) is 25.0 Å². The number of ketones is 1. The van der Waals surface area contributed by atoms with Crippen molar-refractivity contribution in [3.63, 3.8) is 0 Å². The predicted molar refractivity (Wildman–Crippen MR) is 79.0 cm³/mol. The first-order chi connectivity index (χ1) is 8.65. The van der Waals surface area contributed by atoms with Crippen molar-refractivity contribution in [3.8, 4) is 5.75 Å². The molecule has 0 heterocycles. The zero-order chi connectivity index (χ0) is 13.4. The van der Waals surface area contributed by atoms with Gasteiger partial charge in [0.2, 0.25) is 3.79 Å². The summed E-state index contributed by atoms with van der Waals surface area (Å²) in [6.45, 7) is 0. The van der Waals surface area contributed by atoms with Crippen LogP contribution in [0.5, 0.6) is 5.75 Å². The lowest BCUT2D eigenvalue weighted by Gasteiger charge is -2.15. The minimum atomic E-state index is -0.269. The summed E-state index contributed by atoms with van der Waals surface area (Å²) in [5.74, 6) is 0.785. The third kappa shape index (κ3) is 5.16. The van der Waals surface area contributed by atoms with Gasteiger partial charge in [0, 0.05) is 29.0 Å². The molecule has 1 aliphatic carbocycles. The van der Waals surface area contributed by atoms with Crippen LogP contribution in [-0.4, -0.2) is 16.7 Å². The molecule has 1 aromatic rings. The summed E-state index contributed by atoms with van der Waals surface area (Å²) in [6, 6.07) is 9.68. The van der Waals surface area contributed by atoms with Crippen molar-refractivity contribution in [2.45, 2.75) is 25.7 Å². The third-order valence-corrected chi connectivity index (χ3v) is 3.56. The number of hydrogen-bond donors (Lipinski definition) is 0. The second-order valence-corrected chi connectivity index (χ2v) is 5.15. The molecule has 1 fully saturated rings. The Hall–Kier alpha value is -0.910. The van der Waals surface area contributed by atoms with E-state index in [4.69, 9.17) is 4.74 Å². The van der Waals surface area contributed by atoms with E-state index in [0.717, 1.165) is 25.0 Å². The SMILES string of the molecule is COc1ccccc1.O=C(I)C1CCCCC1=O. The van der Waals surface area contributed by atoms with Crippen molar-refractivity contribution in [1.29, 1.82) is 0 Å². The van der Waals surface area contributed by atoms with Gasteiger partial charge >= 0.3 is 0 Å². The summed E-state index contributed by atoms with van der Waals surface area (Å²) >= 11 is 1.72. The minimum Gasteiger partial charge on any atom is -0.497 e. The van der Waals surface area contributed by atoms with E-state index in [1.165, 1.54) is 0 Å². The van der Waals surface area contributed by atoms with E-state index in [9.17, 15) is 9.59 Å². The molecule has 0 N–H and O–H groups in total. The lowest BCUT2D eigenvalue weighted by molar-refractivity contribution is -0.129. The molecular formula is C14H17IO3. The van der Waals surface area contributed by atoms with Gasteiger partial charge in [0.25, 0.3) is 0 Å². The fourth-order valence-electron chi connectivity index (χ4n) is 1.78. The fourth-order valence-corrected chi connectivity index (χ4v) is 2.44. The molecule has 18 heavy (non-hydrogen) atoms. The van der Waals surface area contributed by atoms with E-state index in [-0.39, 0.29) is 15.5 Å². The number of benzene rings is 1. The van der Waals surface area contributed by atoms with Gasteiger partial charge in [-0.15, -0.1) is 0 Å². The molecule has 3 nitrogen and oxygen atoms in total. The molecule has 4 heteroatoms. The smallest absolute Gasteiger partial charge is 0.202 e. The van der Waals surface area contributed by atoms with Crippen LogP contribution in [0, 0.1) is 5.92 Å². The number of ether oxygens (including phenoxy) is 1. The highest BCUT2D eigenvalue weighted by molar-refractivity contribution is 14.1. The molecule has 0 aromatic heterocycles. The summed E-state index contributed by atoms with van der Waals surface area (Å²) in [6.07, 6.45) is 3.39. The number of halogens is 1. The van der Waals surface area contributed by atoms with Gasteiger partial charge in [0.05, 0.1) is 13.0 Å². The van der Waals surface area contributed by atoms with Crippen LogP contribution in [0.2, 0.25) is 0 Å². The summed E-state index contributed by atoms with van der Waals surface area (Å²) in [4.78, 5) is 21.8. The quantitative estimate of drug-likeness (QED) is 0.461. The summed E-state index contributed by atoms with van der Waals surface area (Å²) in [5.41, 5.74) is 0. The standard InChI is InChI=1S/C7H9IO2.C7H8O/c8-7(10)5-3-1-2-4-6(5)9;1-8-7-5-3-2-4-6-7/h5H,1-4H2;2-6H,1H3. The molecule has 0 bridgehead atoms. The van der Waals surface area contributed by atoms with Crippen LogP contribution in [0.15, 0.2) is 30.3 Å². The van der Waals surface area contributed by atoms with E-state index in [1.54, 1.807) is 29.7 Å². The maximum Gasteiger partial charge on any atom is 0.202 e. The highest BCUT2D eigenvalue weighted by Crippen LogP contribution is 2.23. The van der Waals surface area contributed by atoms with Crippen LogP contribution in [0.3, 0.4) is 0 Å². The van der Waals surface area contributed by atoms with Crippen molar-refractivity contribution in [3.05, 3.63) is 30.3 Å². The molecule has 1 aliphatic rings. The Labute approximate surface area is 121 Å². The first-order valence-electron chi connectivity index (χ1n) is 5.96. The Balaban J connectivity index is 0.000000184. The van der Waals surface area contributed by atoms with Crippen molar-refractivity contribution in [1.82, 2.24) is 0 Å². The van der Waals surface area contributed by atoms with E-state index < -0.39 is 0 Å². The highest BCUT2D eigenvalue weighted by Gasteiger charge is 2.26. The van der Waals surface area contributed by atoms with Gasteiger partial charge in [-0.1, -0.05) is 24.6 Å². The molecule has 0 spiro atoms. The molecule has 1 unspecified atom stereocenters. The molecular weight excluding hydrogens is 343 g/mol. The van der Waals surface area contributed by atoms with E-state index in [1.807, 2.05) is 30.3 Å². The van der Waals surface area contributed by atoms with Crippen molar-refractivity contribution < 1.29 is 14.3 Å². The summed E-state index contributed by atoms with van der Waals surface area (Å²) in [7, 11) is 1.66. The van der Waals surface area contributed by atoms with Crippen LogP contribution in [0.4, 0.5) is 0 Å². The molecule has 98 valence electrons. The molecule has 2 rings (SSSR count). The maximum absolute atomic E-state index is 11.0. The molecule has 0 amide bonds. The first kappa shape index (κ1) is 15.1. The van der Waals surface area contributed by atoms with Crippen LogP contribution in [-0.2, 0) is 9.59 Å². The Morgan fingerprint density at radius 2 is 1.94 bits per heavy atom. The van der Waals surface area contributed by atoms with Gasteiger partial charge in [0.1, 0.15) is 11.5 Å². The largest absolute Gasteiger partial charge is 0.497 e. The molecule has 0 aliphatic heterocycles. The first-order valence-corrected chi connectivity index (χ1v) is 7.04. The number of methoxy groups -OCH3 is 1. The van der Waals surface area contributed by atoms with Crippen LogP contribution < -0.4 is 4.74 Å². The van der Waals surface area contributed by atoms with Crippen LogP contribution >= 0.6 is 22.6 Å². The topological polar surface area (TPSA) is 43.4 Å². The molecule has 1 saturated carbocycles. The Kier molecular flexibility index (Phi) is 6.93. The van der Waals surface area contributed by atoms with E-state index in [2.05, 4.69) is 0 Å². The number of hydrogen-bond acceptors (Lipinski definition) is 3. The van der Waals surface area contributed by atoms with Crippen LogP contribution in [0.25, 0.3) is 0 Å². The van der Waals surface area contributed by atoms with Gasteiger partial charge in [-0.2, -0.15) is 0 Å². The van der Waals surface area contributed by atoms with Crippen molar-refractivity contribution >= 4 is 32.2 Å². The highest BCUT2D eigenvalue weighted by atomic mass is 127. The minimum absolute atomic E-state index is 0.0160. The van der Waals surface area contributed by atoms with Gasteiger partial charge in [-0.3, -0.25) is 9.59 Å². The lowest BCUT2D eigenvalue weighted by Crippen LogP contribution is -2.23. The Morgan fingerprint density at radius 1 is 1.28 bits per heavy atom. The second-order valence-electron chi connectivity index (χ2n) is 4.09. The maximum atomic E-state index is 11.0. The fraction of sp³-hybridized carbons (Fsp3) is 0.429. The average molecular weight is 360 g/mol. The van der Waals surface area contributed by atoms with E-state index in [0.29, 0.717) is 6.42 Å². The Morgan fingerprint density at radius 3 is 2.33 bits per heavy atom. The van der Waals surface area contributed by atoms with Gasteiger partial charge in [0.15, 0.2) is 0 Å². The molecule has 1 aromatic carbocycles. The average Bonchev–Trinajstić information content (AvgIpc) is 2.40. The molecule has 0 saturated heterocycles. The monoisotopic (exact) mass is 360 g/mol. The number of carbonyl (C=O) groups excluding carboxylic acids is 2. The number of rotatable bonds is 2. The summed E-state index contributed by atoms with van der Waals surface area (Å²) in [5, 5.41) is 0. The zero-order valence-corrected chi connectivity index (χ0v) is 12.6. The number of para-hydroxylation sites is 1. The second kappa shape index (κ2) is 8.24. The van der Waals surface area contributed by atoms with Crippen LogP contribution in [0.1, 0.15) is 25.7 Å². The lowest BCUT2D eigenvalue weighted by atomic mass is 9.89. The number of carbonyl (C=O) groups is 2. The summed E-state index contributed by atoms with van der Waals surface area (Å²) < 4.78 is 4.93. The van der Waals surface area contributed by atoms with Gasteiger partial charge in [-0.25, -0.2) is 0 Å². The van der Waals surface area contributed by atoms with Gasteiger partial charge < -0.3 is 4.74 Å². The van der Waals surface area contributed by atoms with Crippen molar-refractivity contribution in [2.75, 3.05) is 7.11 Å². The molecule has 0 radical (unpaired) electrons. The molecule has 1 atom stereocenters. The third-order valence-electron chi connectivity index (χ3n) is 2.81. The number of Topliss-reactive ketones (excluding diaryl/α,β-unsaturated/α-hetero) is 1. The zero-order valence-electron chi connectivity index (χ0n) is 10.4.